The molecule has 7 heteroatoms. The number of hydrogen-bond acceptors (Lipinski definition) is 4. The molecule has 0 spiro atoms. The Bertz CT molecular complexity index is 843. The van der Waals surface area contributed by atoms with E-state index in [2.05, 4.69) is 20.5 Å². The summed E-state index contributed by atoms with van der Waals surface area (Å²) in [7, 11) is 3.72. The molecule has 1 amide bonds. The van der Waals surface area contributed by atoms with Crippen LogP contribution in [-0.4, -0.2) is 35.2 Å². The molecule has 2 N–H and O–H groups in total. The second-order valence-electron chi connectivity index (χ2n) is 4.98. The third-order valence-electron chi connectivity index (χ3n) is 3.29. The smallest absolute Gasteiger partial charge is 0.276 e. The van der Waals surface area contributed by atoms with E-state index in [4.69, 9.17) is 11.6 Å². The number of nitrogens with zero attached hydrogens (tertiary/aromatic N) is 3. The number of pyridine rings is 1. The minimum atomic E-state index is -0.311. The minimum absolute atomic E-state index is 0.311. The maximum Gasteiger partial charge on any atom is 0.276 e. The van der Waals surface area contributed by atoms with Gasteiger partial charge in [0.25, 0.3) is 5.91 Å². The van der Waals surface area contributed by atoms with Crippen molar-refractivity contribution >= 4 is 39.8 Å². The number of aromatic amines is 1. The molecule has 1 aromatic carbocycles. The highest BCUT2D eigenvalue weighted by atomic mass is 35.5. The summed E-state index contributed by atoms with van der Waals surface area (Å²) in [5, 5.41) is 10.8. The van der Waals surface area contributed by atoms with E-state index >= 15 is 0 Å². The Kier molecular flexibility index (Phi) is 3.68. The quantitative estimate of drug-likeness (QED) is 0.779. The minimum Gasteiger partial charge on any atom is -0.376 e. The Hall–Kier alpha value is -2.60. The van der Waals surface area contributed by atoms with Gasteiger partial charge >= 0.3 is 0 Å². The molecule has 3 rings (SSSR count). The number of halogens is 1. The van der Waals surface area contributed by atoms with E-state index in [1.54, 1.807) is 24.5 Å². The standard InChI is InChI=1S/C15H14ClN5O/c1-21(2)12-4-3-7-17-14(12)15(22)19-11-6-5-10-9(13(11)16)8-18-20-10/h3-8H,1-2H3,(H,18,20)(H,19,22). The van der Waals surface area contributed by atoms with Crippen LogP contribution in [0.1, 0.15) is 10.5 Å². The second-order valence-corrected chi connectivity index (χ2v) is 5.36. The van der Waals surface area contributed by atoms with Crippen LogP contribution in [0.25, 0.3) is 10.9 Å². The van der Waals surface area contributed by atoms with Gasteiger partial charge in [0.2, 0.25) is 0 Å². The van der Waals surface area contributed by atoms with Crippen molar-refractivity contribution in [3.05, 3.63) is 47.4 Å². The van der Waals surface area contributed by atoms with Gasteiger partial charge in [-0.05, 0) is 24.3 Å². The van der Waals surface area contributed by atoms with Crippen LogP contribution >= 0.6 is 11.6 Å². The zero-order valence-electron chi connectivity index (χ0n) is 12.1. The number of nitrogens with one attached hydrogen (secondary N) is 2. The average molecular weight is 316 g/mol. The topological polar surface area (TPSA) is 73.9 Å². The molecule has 2 heterocycles. The van der Waals surface area contributed by atoms with Gasteiger partial charge in [0.1, 0.15) is 0 Å². The first kappa shape index (κ1) is 14.3. The summed E-state index contributed by atoms with van der Waals surface area (Å²) in [5.74, 6) is -0.311. The van der Waals surface area contributed by atoms with Gasteiger partial charge < -0.3 is 10.2 Å². The summed E-state index contributed by atoms with van der Waals surface area (Å²) >= 11 is 6.31. The average Bonchev–Trinajstić information content (AvgIpc) is 2.99. The lowest BCUT2D eigenvalue weighted by Crippen LogP contribution is -2.20. The number of hydrogen-bond donors (Lipinski definition) is 2. The largest absolute Gasteiger partial charge is 0.376 e. The van der Waals surface area contributed by atoms with Crippen LogP contribution in [0, 0.1) is 0 Å². The molecule has 3 aromatic rings. The van der Waals surface area contributed by atoms with Crippen LogP contribution in [-0.2, 0) is 0 Å². The van der Waals surface area contributed by atoms with Crippen LogP contribution in [0.15, 0.2) is 36.7 Å². The first-order chi connectivity index (χ1) is 10.6. The Morgan fingerprint density at radius 1 is 1.32 bits per heavy atom. The molecule has 0 atom stereocenters. The Morgan fingerprint density at radius 3 is 2.91 bits per heavy atom. The van der Waals surface area contributed by atoms with Gasteiger partial charge in [-0.3, -0.25) is 9.89 Å². The van der Waals surface area contributed by atoms with E-state index in [9.17, 15) is 4.79 Å². The van der Waals surface area contributed by atoms with E-state index in [-0.39, 0.29) is 5.91 Å². The molecule has 0 unspecified atom stereocenters. The first-order valence-corrected chi connectivity index (χ1v) is 7.01. The lowest BCUT2D eigenvalue weighted by atomic mass is 10.2. The molecule has 0 radical (unpaired) electrons. The molecule has 0 aliphatic carbocycles. The number of rotatable bonds is 3. The number of carbonyl (C=O) groups excluding carboxylic acids is 1. The van der Waals surface area contributed by atoms with Gasteiger partial charge in [0.05, 0.1) is 28.1 Å². The number of fused-ring (bicyclic) bond motifs is 1. The Balaban J connectivity index is 1.95. The van der Waals surface area contributed by atoms with Crippen LogP contribution in [0.5, 0.6) is 0 Å². The molecular formula is C15H14ClN5O. The molecule has 0 saturated heterocycles. The summed E-state index contributed by atoms with van der Waals surface area (Å²) < 4.78 is 0. The zero-order chi connectivity index (χ0) is 15.7. The molecule has 6 nitrogen and oxygen atoms in total. The summed E-state index contributed by atoms with van der Waals surface area (Å²) in [6.07, 6.45) is 3.21. The van der Waals surface area contributed by atoms with Crippen molar-refractivity contribution in [3.63, 3.8) is 0 Å². The number of aromatic nitrogens is 3. The Labute approximate surface area is 132 Å². The van der Waals surface area contributed by atoms with Gasteiger partial charge in [0.15, 0.2) is 5.69 Å². The van der Waals surface area contributed by atoms with Crippen LogP contribution in [0.3, 0.4) is 0 Å². The van der Waals surface area contributed by atoms with Crippen LogP contribution in [0.4, 0.5) is 11.4 Å². The first-order valence-electron chi connectivity index (χ1n) is 6.63. The fourth-order valence-corrected chi connectivity index (χ4v) is 2.45. The van der Waals surface area contributed by atoms with E-state index in [0.717, 1.165) is 16.6 Å². The zero-order valence-corrected chi connectivity index (χ0v) is 12.8. The third-order valence-corrected chi connectivity index (χ3v) is 3.70. The van der Waals surface area contributed by atoms with Crippen molar-refractivity contribution < 1.29 is 4.79 Å². The highest BCUT2D eigenvalue weighted by Crippen LogP contribution is 2.30. The van der Waals surface area contributed by atoms with Gasteiger partial charge in [-0.1, -0.05) is 11.6 Å². The summed E-state index contributed by atoms with van der Waals surface area (Å²) in [4.78, 5) is 18.5. The van der Waals surface area contributed by atoms with Gasteiger partial charge in [-0.2, -0.15) is 5.10 Å². The van der Waals surface area contributed by atoms with Crippen molar-refractivity contribution in [2.24, 2.45) is 0 Å². The predicted octanol–water partition coefficient (Wildman–Crippen LogP) is 2.93. The van der Waals surface area contributed by atoms with Crippen LogP contribution in [0.2, 0.25) is 5.02 Å². The van der Waals surface area contributed by atoms with Gasteiger partial charge in [-0.15, -0.1) is 0 Å². The summed E-state index contributed by atoms with van der Waals surface area (Å²) in [6.45, 7) is 0. The van der Waals surface area contributed by atoms with Crippen molar-refractivity contribution in [1.29, 1.82) is 0 Å². The molecule has 0 aliphatic heterocycles. The van der Waals surface area contributed by atoms with E-state index in [1.165, 1.54) is 0 Å². The maximum atomic E-state index is 12.5. The van der Waals surface area contributed by atoms with Gasteiger partial charge in [-0.25, -0.2) is 4.98 Å². The summed E-state index contributed by atoms with van der Waals surface area (Å²) in [5.41, 5.74) is 2.42. The number of amides is 1. The van der Waals surface area contributed by atoms with Crippen molar-refractivity contribution in [2.45, 2.75) is 0 Å². The van der Waals surface area contributed by atoms with Crippen molar-refractivity contribution in [3.8, 4) is 0 Å². The highest BCUT2D eigenvalue weighted by Gasteiger charge is 2.16. The normalized spacial score (nSPS) is 10.7. The van der Waals surface area contributed by atoms with Gasteiger partial charge in [0, 0.05) is 25.7 Å². The van der Waals surface area contributed by atoms with Crippen molar-refractivity contribution in [1.82, 2.24) is 15.2 Å². The molecule has 22 heavy (non-hydrogen) atoms. The lowest BCUT2D eigenvalue weighted by Gasteiger charge is -2.16. The predicted molar refractivity (Wildman–Crippen MR) is 87.6 cm³/mol. The molecule has 0 bridgehead atoms. The number of anilines is 2. The van der Waals surface area contributed by atoms with Crippen molar-refractivity contribution in [2.75, 3.05) is 24.3 Å². The molecule has 0 fully saturated rings. The SMILES string of the molecule is CN(C)c1cccnc1C(=O)Nc1ccc2[nH]ncc2c1Cl. The van der Waals surface area contributed by atoms with Crippen LogP contribution < -0.4 is 10.2 Å². The molecule has 112 valence electrons. The Morgan fingerprint density at radius 2 is 2.14 bits per heavy atom. The van der Waals surface area contributed by atoms with E-state index < -0.39 is 0 Å². The maximum absolute atomic E-state index is 12.5. The monoisotopic (exact) mass is 315 g/mol. The molecule has 2 aromatic heterocycles. The highest BCUT2D eigenvalue weighted by molar-refractivity contribution is 6.38. The number of H-pyrrole nitrogens is 1. The molecule has 0 aliphatic rings. The second kappa shape index (κ2) is 5.65. The number of benzene rings is 1. The summed E-state index contributed by atoms with van der Waals surface area (Å²) in [6, 6.07) is 7.17. The molecule has 0 saturated carbocycles. The fraction of sp³-hybridized carbons (Fsp3) is 0.133. The lowest BCUT2D eigenvalue weighted by molar-refractivity contribution is 0.102. The van der Waals surface area contributed by atoms with E-state index in [0.29, 0.717) is 16.4 Å². The third kappa shape index (κ3) is 2.48. The molecular weight excluding hydrogens is 302 g/mol. The number of carbonyl (C=O) groups is 1. The van der Waals surface area contributed by atoms with E-state index in [1.807, 2.05) is 31.1 Å². The fourth-order valence-electron chi connectivity index (χ4n) is 2.19.